The average Bonchev–Trinajstić information content (AvgIpc) is 2.95. The van der Waals surface area contributed by atoms with Gasteiger partial charge in [0.15, 0.2) is 0 Å². The van der Waals surface area contributed by atoms with Gasteiger partial charge < -0.3 is 10.2 Å². The molecule has 0 bridgehead atoms. The van der Waals surface area contributed by atoms with Crippen molar-refractivity contribution in [3.05, 3.63) is 88.4 Å². The highest BCUT2D eigenvalue weighted by Crippen LogP contribution is 2.30. The molecule has 210 valence electrons. The molecule has 1 aliphatic carbocycles. The van der Waals surface area contributed by atoms with Crippen LogP contribution in [0.25, 0.3) is 10.9 Å². The zero-order chi connectivity index (χ0) is 28.1. The summed E-state index contributed by atoms with van der Waals surface area (Å²) in [6, 6.07) is 22.8. The fraction of sp³-hybridized carbons (Fsp3) is 0.333. The second kappa shape index (κ2) is 12.7. The molecule has 0 radical (unpaired) electrons. The van der Waals surface area contributed by atoms with Gasteiger partial charge in [0.05, 0.1) is 10.4 Å². The van der Waals surface area contributed by atoms with Crippen LogP contribution in [0.1, 0.15) is 31.2 Å². The molecule has 10 heteroatoms. The van der Waals surface area contributed by atoms with Crippen LogP contribution in [0.5, 0.6) is 0 Å². The van der Waals surface area contributed by atoms with Gasteiger partial charge in [0.25, 0.3) is 0 Å². The Hall–Kier alpha value is -2.91. The number of nitrogens with zero attached hydrogens (tertiary/aromatic N) is 3. The van der Waals surface area contributed by atoms with Gasteiger partial charge in [-0.3, -0.25) is 0 Å². The van der Waals surface area contributed by atoms with Gasteiger partial charge in [0.1, 0.15) is 5.82 Å². The predicted octanol–water partition coefficient (Wildman–Crippen LogP) is 6.77. The number of nitrogens with one attached hydrogen (secondary N) is 2. The molecule has 0 saturated heterocycles. The second-order valence-corrected chi connectivity index (χ2v) is 13.1. The van der Waals surface area contributed by atoms with E-state index in [-0.39, 0.29) is 10.8 Å². The van der Waals surface area contributed by atoms with E-state index in [1.165, 1.54) is 23.8 Å². The monoisotopic (exact) mass is 597 g/mol. The number of sulfonamides is 1. The molecule has 1 fully saturated rings. The van der Waals surface area contributed by atoms with E-state index in [9.17, 15) is 8.42 Å². The van der Waals surface area contributed by atoms with Crippen molar-refractivity contribution in [3.8, 4) is 0 Å². The fourth-order valence-corrected chi connectivity index (χ4v) is 7.07. The highest BCUT2D eigenvalue weighted by Gasteiger charge is 2.24. The first-order valence-electron chi connectivity index (χ1n) is 13.5. The van der Waals surface area contributed by atoms with Crippen molar-refractivity contribution in [2.75, 3.05) is 30.4 Å². The Balaban J connectivity index is 1.17. The summed E-state index contributed by atoms with van der Waals surface area (Å²) in [6.07, 6.45) is 3.93. The summed E-state index contributed by atoms with van der Waals surface area (Å²) in [6.45, 7) is 1.93. The molecule has 1 aliphatic rings. The smallest absolute Gasteiger partial charge is 0.240 e. The summed E-state index contributed by atoms with van der Waals surface area (Å²) in [5.74, 6) is 2.29. The fourth-order valence-electron chi connectivity index (χ4n) is 5.23. The molecule has 0 amide bonds. The van der Waals surface area contributed by atoms with Gasteiger partial charge in [-0.2, -0.15) is 4.98 Å². The van der Waals surface area contributed by atoms with Crippen LogP contribution < -0.4 is 14.9 Å². The minimum absolute atomic E-state index is 0.0899. The number of aromatic nitrogens is 2. The molecule has 3 aromatic carbocycles. The topological polar surface area (TPSA) is 87.2 Å². The molecule has 1 aromatic heterocycles. The van der Waals surface area contributed by atoms with Crippen LogP contribution in [0.4, 0.5) is 11.8 Å². The first-order valence-corrected chi connectivity index (χ1v) is 15.7. The van der Waals surface area contributed by atoms with E-state index < -0.39 is 10.0 Å². The summed E-state index contributed by atoms with van der Waals surface area (Å²) in [4.78, 5) is 11.9. The summed E-state index contributed by atoms with van der Waals surface area (Å²) in [5.41, 5.74) is 2.13. The highest BCUT2D eigenvalue weighted by atomic mass is 35.5. The molecule has 40 heavy (non-hydrogen) atoms. The van der Waals surface area contributed by atoms with Crippen LogP contribution in [-0.2, 0) is 16.6 Å². The lowest BCUT2D eigenvalue weighted by molar-refractivity contribution is 0.284. The predicted molar refractivity (Wildman–Crippen MR) is 164 cm³/mol. The van der Waals surface area contributed by atoms with E-state index >= 15 is 0 Å². The highest BCUT2D eigenvalue weighted by molar-refractivity contribution is 7.89. The number of hydrogen-bond donors (Lipinski definition) is 2. The zero-order valence-electron chi connectivity index (χ0n) is 22.4. The van der Waals surface area contributed by atoms with Crippen LogP contribution in [0.15, 0.2) is 77.7 Å². The number of halogens is 2. The van der Waals surface area contributed by atoms with Crippen molar-refractivity contribution in [1.82, 2.24) is 14.7 Å². The van der Waals surface area contributed by atoms with Gasteiger partial charge in [-0.05, 0) is 73.4 Å². The van der Waals surface area contributed by atoms with Crippen molar-refractivity contribution in [3.63, 3.8) is 0 Å². The minimum Gasteiger partial charge on any atom is -0.355 e. The zero-order valence-corrected chi connectivity index (χ0v) is 24.7. The maximum atomic E-state index is 12.7. The largest absolute Gasteiger partial charge is 0.355 e. The van der Waals surface area contributed by atoms with E-state index in [1.54, 1.807) is 0 Å². The first kappa shape index (κ1) is 28.6. The Kier molecular flexibility index (Phi) is 9.10. The molecule has 1 saturated carbocycles. The van der Waals surface area contributed by atoms with E-state index in [1.807, 2.05) is 36.4 Å². The van der Waals surface area contributed by atoms with E-state index in [2.05, 4.69) is 40.2 Å². The average molecular weight is 599 g/mol. The Bertz CT molecular complexity index is 1540. The Morgan fingerprint density at radius 2 is 1.48 bits per heavy atom. The van der Waals surface area contributed by atoms with E-state index in [4.69, 9.17) is 33.2 Å². The van der Waals surface area contributed by atoms with Gasteiger partial charge in [0, 0.05) is 42.1 Å². The second-order valence-electron chi connectivity index (χ2n) is 10.5. The SMILES string of the molecule is CN(Cc1ccccc1)c1nc(NCC2CCC(CNS(=O)(=O)c3cc(Cl)cc(Cl)c3)CC2)nc2ccccc12. The van der Waals surface area contributed by atoms with Crippen LogP contribution in [-0.4, -0.2) is 38.5 Å². The molecular formula is C30H33Cl2N5O2S. The molecule has 0 atom stereocenters. The van der Waals surface area contributed by atoms with E-state index in [0.29, 0.717) is 28.5 Å². The summed E-state index contributed by atoms with van der Waals surface area (Å²) < 4.78 is 28.2. The van der Waals surface area contributed by atoms with Crippen molar-refractivity contribution in [1.29, 1.82) is 0 Å². The molecule has 7 nitrogen and oxygen atoms in total. The lowest BCUT2D eigenvalue weighted by Gasteiger charge is -2.29. The summed E-state index contributed by atoms with van der Waals surface area (Å²) in [5, 5.41) is 5.10. The standard InChI is InChI=1S/C30H33Cl2N5O2S/c1-37(20-23-7-3-2-4-8-23)29-27-9-5-6-10-28(27)35-30(36-29)33-18-21-11-13-22(14-12-21)19-34-40(38,39)26-16-24(31)15-25(32)17-26/h2-10,15-17,21-22,34H,11-14,18-20H2,1H3,(H,33,35,36). The van der Waals surface area contributed by atoms with Crippen molar-refractivity contribution >= 4 is 55.9 Å². The van der Waals surface area contributed by atoms with Gasteiger partial charge in [-0.15, -0.1) is 0 Å². The Morgan fingerprint density at radius 1 is 0.850 bits per heavy atom. The van der Waals surface area contributed by atoms with Gasteiger partial charge in [-0.1, -0.05) is 65.7 Å². The number of anilines is 2. The number of para-hydroxylation sites is 1. The summed E-state index contributed by atoms with van der Waals surface area (Å²) in [7, 11) is -1.61. The normalized spacial score (nSPS) is 17.6. The Labute approximate surface area is 246 Å². The molecular weight excluding hydrogens is 565 g/mol. The third-order valence-corrected chi connectivity index (χ3v) is 9.27. The number of rotatable bonds is 10. The molecule has 5 rings (SSSR count). The lowest BCUT2D eigenvalue weighted by atomic mass is 9.82. The molecule has 2 N–H and O–H groups in total. The summed E-state index contributed by atoms with van der Waals surface area (Å²) >= 11 is 12.0. The van der Waals surface area contributed by atoms with Gasteiger partial charge in [0.2, 0.25) is 16.0 Å². The van der Waals surface area contributed by atoms with E-state index in [0.717, 1.165) is 55.5 Å². The molecule has 1 heterocycles. The first-order chi connectivity index (χ1) is 19.3. The van der Waals surface area contributed by atoms with Gasteiger partial charge >= 0.3 is 0 Å². The van der Waals surface area contributed by atoms with Crippen LogP contribution >= 0.6 is 23.2 Å². The van der Waals surface area contributed by atoms with Crippen LogP contribution in [0, 0.1) is 11.8 Å². The number of hydrogen-bond acceptors (Lipinski definition) is 6. The van der Waals surface area contributed by atoms with Gasteiger partial charge in [-0.25, -0.2) is 18.1 Å². The quantitative estimate of drug-likeness (QED) is 0.210. The molecule has 0 spiro atoms. The van der Waals surface area contributed by atoms with Crippen molar-refractivity contribution in [2.24, 2.45) is 11.8 Å². The van der Waals surface area contributed by atoms with Crippen molar-refractivity contribution < 1.29 is 8.42 Å². The third-order valence-electron chi connectivity index (χ3n) is 7.43. The third kappa shape index (κ3) is 7.23. The number of benzene rings is 3. The molecule has 0 unspecified atom stereocenters. The molecule has 0 aliphatic heterocycles. The molecule has 4 aromatic rings. The van der Waals surface area contributed by atoms with Crippen LogP contribution in [0.2, 0.25) is 10.0 Å². The number of fused-ring (bicyclic) bond motifs is 1. The minimum atomic E-state index is -3.67. The maximum Gasteiger partial charge on any atom is 0.240 e. The van der Waals surface area contributed by atoms with Crippen LogP contribution in [0.3, 0.4) is 0 Å². The Morgan fingerprint density at radius 3 is 2.17 bits per heavy atom. The maximum absolute atomic E-state index is 12.7. The van der Waals surface area contributed by atoms with Crippen molar-refractivity contribution in [2.45, 2.75) is 37.1 Å². The lowest BCUT2D eigenvalue weighted by Crippen LogP contribution is -2.32.